The molecule has 1 aromatic carbocycles. The van der Waals surface area contributed by atoms with Crippen LogP contribution in [0.3, 0.4) is 0 Å². The van der Waals surface area contributed by atoms with Gasteiger partial charge in [-0.05, 0) is 49.1 Å². The second kappa shape index (κ2) is 9.71. The van der Waals surface area contributed by atoms with Crippen molar-refractivity contribution in [2.45, 2.75) is 38.1 Å². The van der Waals surface area contributed by atoms with Crippen molar-refractivity contribution in [3.8, 4) is 0 Å². The van der Waals surface area contributed by atoms with E-state index < -0.39 is 0 Å². The van der Waals surface area contributed by atoms with E-state index in [-0.39, 0.29) is 0 Å². The number of hydrogen-bond donors (Lipinski definition) is 1. The van der Waals surface area contributed by atoms with Crippen molar-refractivity contribution in [2.24, 2.45) is 0 Å². The van der Waals surface area contributed by atoms with Crippen molar-refractivity contribution in [3.05, 3.63) is 54.1 Å². The number of unbranched alkanes of at least 4 members (excludes halogenated alkanes) is 1. The number of aromatic nitrogens is 3. The van der Waals surface area contributed by atoms with Gasteiger partial charge in [0.15, 0.2) is 0 Å². The third kappa shape index (κ3) is 5.06. The van der Waals surface area contributed by atoms with Gasteiger partial charge in [0.2, 0.25) is 0 Å². The molecule has 5 nitrogen and oxygen atoms in total. The summed E-state index contributed by atoms with van der Waals surface area (Å²) in [5.41, 5.74) is 3.33. The Morgan fingerprint density at radius 3 is 2.81 bits per heavy atom. The first kappa shape index (κ1) is 18.9. The van der Waals surface area contributed by atoms with Crippen LogP contribution in [0.15, 0.2) is 47.6 Å². The lowest BCUT2D eigenvalue weighted by Crippen LogP contribution is -2.12. The molecule has 138 valence electrons. The first-order chi connectivity index (χ1) is 12.8. The normalized spacial score (nSPS) is 11.3. The van der Waals surface area contributed by atoms with Gasteiger partial charge in [-0.3, -0.25) is 9.71 Å². The molecule has 0 fully saturated rings. The van der Waals surface area contributed by atoms with Gasteiger partial charge in [-0.15, -0.1) is 0 Å². The Morgan fingerprint density at radius 1 is 1.15 bits per heavy atom. The Morgan fingerprint density at radius 2 is 2.00 bits per heavy atom. The van der Waals surface area contributed by atoms with Crippen LogP contribution < -0.4 is 4.72 Å². The molecular formula is C20H26N4OS. The first-order valence-electron chi connectivity index (χ1n) is 9.11. The average Bonchev–Trinajstić information content (AvgIpc) is 2.98. The summed E-state index contributed by atoms with van der Waals surface area (Å²) in [5.74, 6) is 1.01. The molecule has 6 heteroatoms. The third-order valence-corrected chi connectivity index (χ3v) is 5.04. The van der Waals surface area contributed by atoms with Crippen LogP contribution in [0.1, 0.15) is 31.2 Å². The highest BCUT2D eigenvalue weighted by Crippen LogP contribution is 2.19. The van der Waals surface area contributed by atoms with Gasteiger partial charge < -0.3 is 9.30 Å². The lowest BCUT2D eigenvalue weighted by Gasteiger charge is -2.09. The molecule has 0 saturated heterocycles. The van der Waals surface area contributed by atoms with E-state index in [1.165, 1.54) is 16.9 Å². The number of fused-ring (bicyclic) bond motifs is 1. The average molecular weight is 371 g/mol. The van der Waals surface area contributed by atoms with Crippen LogP contribution >= 0.6 is 11.9 Å². The summed E-state index contributed by atoms with van der Waals surface area (Å²) in [6.07, 6.45) is 5.95. The summed E-state index contributed by atoms with van der Waals surface area (Å²) in [7, 11) is 0. The molecule has 0 radical (unpaired) electrons. The number of hydrogen-bond acceptors (Lipinski definition) is 5. The summed E-state index contributed by atoms with van der Waals surface area (Å²) in [6.45, 7) is 7.49. The molecule has 0 atom stereocenters. The maximum absolute atomic E-state index is 5.55. The molecule has 3 rings (SSSR count). The standard InChI is InChI=1S/C20H26N4OS/c1-3-4-12-25-13-11-22-26-18-7-5-17(6-8-18)15-24-16(2)23-19-14-21-10-9-20(19)24/h5-10,14,22H,3-4,11-13,15H2,1-2H3. The second-order valence-electron chi connectivity index (χ2n) is 6.22. The minimum Gasteiger partial charge on any atom is -0.380 e. The molecule has 0 aliphatic rings. The second-order valence-corrected chi connectivity index (χ2v) is 7.18. The van der Waals surface area contributed by atoms with E-state index in [0.717, 1.165) is 49.6 Å². The lowest BCUT2D eigenvalue weighted by atomic mass is 10.2. The van der Waals surface area contributed by atoms with Gasteiger partial charge in [0, 0.05) is 30.8 Å². The van der Waals surface area contributed by atoms with Crippen LogP contribution in [0.5, 0.6) is 0 Å². The van der Waals surface area contributed by atoms with Gasteiger partial charge in [-0.25, -0.2) is 4.98 Å². The predicted octanol–water partition coefficient (Wildman–Crippen LogP) is 4.20. The Balaban J connectivity index is 1.51. The molecule has 0 bridgehead atoms. The van der Waals surface area contributed by atoms with Crippen LogP contribution in [0, 0.1) is 6.92 Å². The van der Waals surface area contributed by atoms with Gasteiger partial charge in [-0.2, -0.15) is 0 Å². The van der Waals surface area contributed by atoms with Crippen molar-refractivity contribution in [3.63, 3.8) is 0 Å². The lowest BCUT2D eigenvalue weighted by molar-refractivity contribution is 0.137. The molecule has 1 N–H and O–H groups in total. The first-order valence-corrected chi connectivity index (χ1v) is 9.93. The van der Waals surface area contributed by atoms with E-state index in [1.807, 2.05) is 25.4 Å². The maximum Gasteiger partial charge on any atom is 0.107 e. The van der Waals surface area contributed by atoms with Crippen molar-refractivity contribution in [1.82, 2.24) is 19.3 Å². The van der Waals surface area contributed by atoms with E-state index in [2.05, 4.69) is 50.4 Å². The minimum atomic E-state index is 0.757. The molecule has 0 spiro atoms. The predicted molar refractivity (Wildman–Crippen MR) is 107 cm³/mol. The number of rotatable bonds is 10. The van der Waals surface area contributed by atoms with Crippen molar-refractivity contribution >= 4 is 23.0 Å². The number of aryl methyl sites for hydroxylation is 1. The molecule has 26 heavy (non-hydrogen) atoms. The smallest absolute Gasteiger partial charge is 0.107 e. The van der Waals surface area contributed by atoms with Crippen molar-refractivity contribution in [1.29, 1.82) is 0 Å². The minimum absolute atomic E-state index is 0.757. The van der Waals surface area contributed by atoms with E-state index in [0.29, 0.717) is 0 Å². The Hall–Kier alpha value is -1.89. The number of pyridine rings is 1. The number of benzene rings is 1. The number of nitrogens with one attached hydrogen (secondary N) is 1. The zero-order valence-electron chi connectivity index (χ0n) is 15.4. The monoisotopic (exact) mass is 370 g/mol. The van der Waals surface area contributed by atoms with Crippen LogP contribution in [-0.4, -0.2) is 34.3 Å². The van der Waals surface area contributed by atoms with E-state index in [1.54, 1.807) is 11.9 Å². The van der Waals surface area contributed by atoms with Gasteiger partial charge in [0.25, 0.3) is 0 Å². The van der Waals surface area contributed by atoms with Crippen LogP contribution in [-0.2, 0) is 11.3 Å². The Bertz CT molecular complexity index is 816. The van der Waals surface area contributed by atoms with E-state index >= 15 is 0 Å². The molecule has 3 aromatic rings. The third-order valence-electron chi connectivity index (χ3n) is 4.19. The Kier molecular flexibility index (Phi) is 7.05. The summed E-state index contributed by atoms with van der Waals surface area (Å²) in [4.78, 5) is 9.93. The summed E-state index contributed by atoms with van der Waals surface area (Å²) in [6, 6.07) is 10.7. The van der Waals surface area contributed by atoms with Crippen LogP contribution in [0.4, 0.5) is 0 Å². The van der Waals surface area contributed by atoms with E-state index in [4.69, 9.17) is 4.74 Å². The van der Waals surface area contributed by atoms with Crippen molar-refractivity contribution in [2.75, 3.05) is 19.8 Å². The van der Waals surface area contributed by atoms with E-state index in [9.17, 15) is 0 Å². The fourth-order valence-corrected chi connectivity index (χ4v) is 3.37. The van der Waals surface area contributed by atoms with Crippen LogP contribution in [0.25, 0.3) is 11.0 Å². The highest BCUT2D eigenvalue weighted by molar-refractivity contribution is 7.97. The van der Waals surface area contributed by atoms with Crippen LogP contribution in [0.2, 0.25) is 0 Å². The molecule has 0 unspecified atom stereocenters. The number of ether oxygens (including phenoxy) is 1. The van der Waals surface area contributed by atoms with Gasteiger partial charge in [0.1, 0.15) is 11.3 Å². The molecule has 0 aliphatic carbocycles. The SMILES string of the molecule is CCCCOCCNSc1ccc(Cn2c(C)nc3cnccc32)cc1. The fourth-order valence-electron chi connectivity index (χ4n) is 2.74. The maximum atomic E-state index is 5.55. The molecular weight excluding hydrogens is 344 g/mol. The summed E-state index contributed by atoms with van der Waals surface area (Å²) >= 11 is 1.65. The zero-order chi connectivity index (χ0) is 18.2. The molecule has 0 aliphatic heterocycles. The number of nitrogens with zero attached hydrogens (tertiary/aromatic N) is 3. The van der Waals surface area contributed by atoms with Gasteiger partial charge in [-0.1, -0.05) is 25.5 Å². The molecule has 0 saturated carbocycles. The largest absolute Gasteiger partial charge is 0.380 e. The van der Waals surface area contributed by atoms with Gasteiger partial charge >= 0.3 is 0 Å². The van der Waals surface area contributed by atoms with Crippen molar-refractivity contribution < 1.29 is 4.74 Å². The molecule has 2 aromatic heterocycles. The Labute approximate surface area is 159 Å². The zero-order valence-corrected chi connectivity index (χ0v) is 16.3. The summed E-state index contributed by atoms with van der Waals surface area (Å²) < 4.78 is 11.1. The summed E-state index contributed by atoms with van der Waals surface area (Å²) in [5, 5.41) is 0. The molecule has 0 amide bonds. The quantitative estimate of drug-likeness (QED) is 0.428. The highest BCUT2D eigenvalue weighted by Gasteiger charge is 2.07. The topological polar surface area (TPSA) is 52.0 Å². The van der Waals surface area contributed by atoms with Gasteiger partial charge in [0.05, 0.1) is 18.3 Å². The number of imidazole rings is 1. The molecule has 2 heterocycles. The fraction of sp³-hybridized carbons (Fsp3) is 0.400. The highest BCUT2D eigenvalue weighted by atomic mass is 32.2.